The molecule has 3 heteroatoms. The van der Waals surface area contributed by atoms with Gasteiger partial charge in [-0.25, -0.2) is 0 Å². The summed E-state index contributed by atoms with van der Waals surface area (Å²) in [5, 5.41) is 4.53. The fourth-order valence-electron chi connectivity index (χ4n) is 2.17. The minimum atomic E-state index is 0.688. The first-order valence-corrected chi connectivity index (χ1v) is 7.58. The van der Waals surface area contributed by atoms with E-state index in [0.29, 0.717) is 6.61 Å². The first kappa shape index (κ1) is 14.8. The van der Waals surface area contributed by atoms with Crippen molar-refractivity contribution in [2.75, 3.05) is 19.7 Å². The van der Waals surface area contributed by atoms with Gasteiger partial charge in [0.25, 0.3) is 0 Å². The van der Waals surface area contributed by atoms with Crippen molar-refractivity contribution >= 4 is 10.9 Å². The molecular formula is C17H24N2O. The number of rotatable bonds is 9. The molecule has 2 rings (SSSR count). The Morgan fingerprint density at radius 2 is 2.00 bits per heavy atom. The molecule has 0 amide bonds. The van der Waals surface area contributed by atoms with Crippen molar-refractivity contribution in [1.29, 1.82) is 0 Å². The summed E-state index contributed by atoms with van der Waals surface area (Å²) < 4.78 is 5.72. The van der Waals surface area contributed by atoms with Crippen molar-refractivity contribution in [2.45, 2.75) is 32.6 Å². The smallest absolute Gasteiger partial charge is 0.138 e. The zero-order valence-corrected chi connectivity index (χ0v) is 12.3. The molecule has 20 heavy (non-hydrogen) atoms. The molecule has 1 N–H and O–H groups in total. The third-order valence-electron chi connectivity index (χ3n) is 3.32. The first-order valence-electron chi connectivity index (χ1n) is 7.58. The summed E-state index contributed by atoms with van der Waals surface area (Å²) in [6.07, 6.45) is 6.99. The molecule has 0 radical (unpaired) electrons. The summed E-state index contributed by atoms with van der Waals surface area (Å²) in [5.74, 6) is 0.844. The van der Waals surface area contributed by atoms with Crippen LogP contribution in [0.3, 0.4) is 0 Å². The molecular weight excluding hydrogens is 248 g/mol. The van der Waals surface area contributed by atoms with Gasteiger partial charge in [-0.1, -0.05) is 44.4 Å². The summed E-state index contributed by atoms with van der Waals surface area (Å²) in [4.78, 5) is 4.38. The molecule has 1 heterocycles. The number of pyridine rings is 1. The van der Waals surface area contributed by atoms with Crippen LogP contribution < -0.4 is 10.1 Å². The van der Waals surface area contributed by atoms with Crippen molar-refractivity contribution < 1.29 is 4.74 Å². The molecule has 0 saturated heterocycles. The van der Waals surface area contributed by atoms with E-state index in [0.717, 1.165) is 29.7 Å². The molecule has 0 aliphatic rings. The molecule has 0 unspecified atom stereocenters. The van der Waals surface area contributed by atoms with Crippen molar-refractivity contribution in [1.82, 2.24) is 10.3 Å². The second-order valence-corrected chi connectivity index (χ2v) is 5.02. The topological polar surface area (TPSA) is 34.1 Å². The third-order valence-corrected chi connectivity index (χ3v) is 3.32. The summed E-state index contributed by atoms with van der Waals surface area (Å²) in [6, 6.07) is 10.1. The predicted octanol–water partition coefficient (Wildman–Crippen LogP) is 3.78. The quantitative estimate of drug-likeness (QED) is 0.705. The molecule has 1 aromatic carbocycles. The normalized spacial score (nSPS) is 10.8. The average Bonchev–Trinajstić information content (AvgIpc) is 2.50. The van der Waals surface area contributed by atoms with E-state index in [1.54, 1.807) is 6.20 Å². The highest BCUT2D eigenvalue weighted by Gasteiger charge is 1.98. The SMILES string of the molecule is CCCCCCNCCOc1cnc2ccccc2c1. The number of hydrogen-bond donors (Lipinski definition) is 1. The van der Waals surface area contributed by atoms with Crippen LogP contribution in [0.1, 0.15) is 32.6 Å². The van der Waals surface area contributed by atoms with Crippen LogP contribution in [0.2, 0.25) is 0 Å². The van der Waals surface area contributed by atoms with Gasteiger partial charge in [-0.05, 0) is 25.1 Å². The lowest BCUT2D eigenvalue weighted by atomic mass is 10.2. The maximum atomic E-state index is 5.72. The highest BCUT2D eigenvalue weighted by molar-refractivity contribution is 5.79. The number of benzene rings is 1. The monoisotopic (exact) mass is 272 g/mol. The van der Waals surface area contributed by atoms with Gasteiger partial charge in [0.05, 0.1) is 11.7 Å². The van der Waals surface area contributed by atoms with Crippen LogP contribution in [0.5, 0.6) is 5.75 Å². The molecule has 0 bridgehead atoms. The Labute approximate surface area is 121 Å². The van der Waals surface area contributed by atoms with Crippen LogP contribution in [0, 0.1) is 0 Å². The molecule has 0 saturated carbocycles. The molecule has 2 aromatic rings. The first-order chi connectivity index (χ1) is 9.90. The minimum Gasteiger partial charge on any atom is -0.491 e. The van der Waals surface area contributed by atoms with Gasteiger partial charge in [-0.15, -0.1) is 0 Å². The molecule has 0 aliphatic heterocycles. The van der Waals surface area contributed by atoms with Gasteiger partial charge in [-0.2, -0.15) is 0 Å². The summed E-state index contributed by atoms with van der Waals surface area (Å²) in [7, 11) is 0. The Balaban J connectivity index is 1.65. The van der Waals surface area contributed by atoms with Gasteiger partial charge in [-0.3, -0.25) is 4.98 Å². The highest BCUT2D eigenvalue weighted by Crippen LogP contribution is 2.17. The maximum absolute atomic E-state index is 5.72. The number of nitrogens with one attached hydrogen (secondary N) is 1. The van der Waals surface area contributed by atoms with E-state index in [-0.39, 0.29) is 0 Å². The minimum absolute atomic E-state index is 0.688. The lowest BCUT2D eigenvalue weighted by Crippen LogP contribution is -2.22. The molecule has 108 valence electrons. The van der Waals surface area contributed by atoms with Gasteiger partial charge in [0.2, 0.25) is 0 Å². The molecule has 0 fully saturated rings. The largest absolute Gasteiger partial charge is 0.491 e. The zero-order chi connectivity index (χ0) is 14.0. The number of fused-ring (bicyclic) bond motifs is 1. The van der Waals surface area contributed by atoms with Crippen LogP contribution >= 0.6 is 0 Å². The number of ether oxygens (including phenoxy) is 1. The van der Waals surface area contributed by atoms with E-state index >= 15 is 0 Å². The van der Waals surface area contributed by atoms with Crippen LogP contribution in [0.4, 0.5) is 0 Å². The van der Waals surface area contributed by atoms with Crippen molar-refractivity contribution in [3.63, 3.8) is 0 Å². The standard InChI is InChI=1S/C17H24N2O/c1-2-3-4-7-10-18-11-12-20-16-13-15-8-5-6-9-17(15)19-14-16/h5-6,8-9,13-14,18H,2-4,7,10-12H2,1H3. The van der Waals surface area contributed by atoms with Gasteiger partial charge in [0.1, 0.15) is 12.4 Å². The average molecular weight is 272 g/mol. The third kappa shape index (κ3) is 4.82. The Bertz CT molecular complexity index is 513. The number of nitrogens with zero attached hydrogens (tertiary/aromatic N) is 1. The number of hydrogen-bond acceptors (Lipinski definition) is 3. The fraction of sp³-hybridized carbons (Fsp3) is 0.471. The molecule has 0 spiro atoms. The molecule has 0 atom stereocenters. The second-order valence-electron chi connectivity index (χ2n) is 5.02. The van der Waals surface area contributed by atoms with E-state index < -0.39 is 0 Å². The summed E-state index contributed by atoms with van der Waals surface area (Å²) >= 11 is 0. The van der Waals surface area contributed by atoms with Gasteiger partial charge >= 0.3 is 0 Å². The molecule has 3 nitrogen and oxygen atoms in total. The van der Waals surface area contributed by atoms with Crippen LogP contribution in [-0.2, 0) is 0 Å². The lowest BCUT2D eigenvalue weighted by Gasteiger charge is -2.08. The Morgan fingerprint density at radius 1 is 1.10 bits per heavy atom. The van der Waals surface area contributed by atoms with E-state index in [4.69, 9.17) is 4.74 Å². The summed E-state index contributed by atoms with van der Waals surface area (Å²) in [5.41, 5.74) is 1.01. The van der Waals surface area contributed by atoms with Gasteiger partial charge in [0.15, 0.2) is 0 Å². The summed E-state index contributed by atoms with van der Waals surface area (Å²) in [6.45, 7) is 4.89. The van der Waals surface area contributed by atoms with Crippen LogP contribution in [0.25, 0.3) is 10.9 Å². The Morgan fingerprint density at radius 3 is 2.90 bits per heavy atom. The van der Waals surface area contributed by atoms with Crippen molar-refractivity contribution in [3.8, 4) is 5.75 Å². The number of aromatic nitrogens is 1. The van der Waals surface area contributed by atoms with Crippen molar-refractivity contribution in [2.24, 2.45) is 0 Å². The fourth-order valence-corrected chi connectivity index (χ4v) is 2.17. The zero-order valence-electron chi connectivity index (χ0n) is 12.3. The molecule has 0 aliphatic carbocycles. The van der Waals surface area contributed by atoms with Crippen molar-refractivity contribution in [3.05, 3.63) is 36.5 Å². The highest BCUT2D eigenvalue weighted by atomic mass is 16.5. The Kier molecular flexibility index (Phi) is 6.32. The molecule has 1 aromatic heterocycles. The van der Waals surface area contributed by atoms with E-state index in [1.165, 1.54) is 25.7 Å². The van der Waals surface area contributed by atoms with E-state index in [9.17, 15) is 0 Å². The maximum Gasteiger partial charge on any atom is 0.138 e. The Hall–Kier alpha value is -1.61. The van der Waals surface area contributed by atoms with Crippen LogP contribution in [-0.4, -0.2) is 24.7 Å². The van der Waals surface area contributed by atoms with Gasteiger partial charge < -0.3 is 10.1 Å². The lowest BCUT2D eigenvalue weighted by molar-refractivity contribution is 0.313. The second kappa shape index (κ2) is 8.54. The van der Waals surface area contributed by atoms with E-state index in [2.05, 4.69) is 23.3 Å². The number of para-hydroxylation sites is 1. The van der Waals surface area contributed by atoms with E-state index in [1.807, 2.05) is 24.3 Å². The number of unbranched alkanes of at least 4 members (excludes halogenated alkanes) is 3. The predicted molar refractivity (Wildman–Crippen MR) is 84.2 cm³/mol. The van der Waals surface area contributed by atoms with Gasteiger partial charge in [0, 0.05) is 11.9 Å². The van der Waals surface area contributed by atoms with Crippen LogP contribution in [0.15, 0.2) is 36.5 Å².